The highest BCUT2D eigenvalue weighted by Crippen LogP contribution is 2.08. The molecule has 0 radical (unpaired) electrons. The standard InChI is InChI=1S/C18H26N2O5S/c1-25-18(22)20-11-6-10-19(12-13-20)17(21)15-26(23,24)14-5-9-16-7-3-2-4-8-16/h2-4,7-8H,5-6,9-15H2,1H3. The van der Waals surface area contributed by atoms with Gasteiger partial charge in [0.05, 0.1) is 12.9 Å². The molecule has 0 spiro atoms. The van der Waals surface area contributed by atoms with Gasteiger partial charge in [0.25, 0.3) is 0 Å². The molecule has 0 aromatic heterocycles. The number of hydrogen-bond donors (Lipinski definition) is 0. The Bertz CT molecular complexity index is 706. The highest BCUT2D eigenvalue weighted by molar-refractivity contribution is 7.92. The molecule has 0 bridgehead atoms. The zero-order chi connectivity index (χ0) is 19.0. The molecule has 1 aromatic carbocycles. The van der Waals surface area contributed by atoms with Gasteiger partial charge >= 0.3 is 6.09 Å². The van der Waals surface area contributed by atoms with Gasteiger partial charge < -0.3 is 14.5 Å². The number of aryl methyl sites for hydroxylation is 1. The summed E-state index contributed by atoms with van der Waals surface area (Å²) >= 11 is 0. The Morgan fingerprint density at radius 1 is 1.04 bits per heavy atom. The topological polar surface area (TPSA) is 84.0 Å². The monoisotopic (exact) mass is 382 g/mol. The fourth-order valence-corrected chi connectivity index (χ4v) is 4.26. The molecule has 26 heavy (non-hydrogen) atoms. The molecule has 1 heterocycles. The van der Waals surface area contributed by atoms with E-state index in [1.807, 2.05) is 30.3 Å². The molecule has 0 unspecified atom stereocenters. The Hall–Kier alpha value is -2.09. The number of rotatable bonds is 6. The van der Waals surface area contributed by atoms with Crippen LogP contribution in [0.4, 0.5) is 4.79 Å². The third-order valence-electron chi connectivity index (χ3n) is 4.39. The summed E-state index contributed by atoms with van der Waals surface area (Å²) in [6.07, 6.45) is 1.35. The summed E-state index contributed by atoms with van der Waals surface area (Å²) in [6, 6.07) is 9.68. The molecule has 2 rings (SSSR count). The van der Waals surface area contributed by atoms with Gasteiger partial charge in [-0.2, -0.15) is 0 Å². The zero-order valence-corrected chi connectivity index (χ0v) is 15.9. The second-order valence-corrected chi connectivity index (χ2v) is 8.56. The van der Waals surface area contributed by atoms with Gasteiger partial charge in [0.2, 0.25) is 5.91 Å². The Labute approximate surface area is 154 Å². The van der Waals surface area contributed by atoms with Gasteiger partial charge in [0.1, 0.15) is 5.75 Å². The molecule has 0 N–H and O–H groups in total. The van der Waals surface area contributed by atoms with Crippen LogP contribution < -0.4 is 0 Å². The quantitative estimate of drug-likeness (QED) is 0.741. The minimum atomic E-state index is -3.44. The first-order valence-corrected chi connectivity index (χ1v) is 10.6. The summed E-state index contributed by atoms with van der Waals surface area (Å²) in [7, 11) is -2.13. The Morgan fingerprint density at radius 2 is 1.69 bits per heavy atom. The zero-order valence-electron chi connectivity index (χ0n) is 15.1. The number of sulfone groups is 1. The largest absolute Gasteiger partial charge is 0.453 e. The second kappa shape index (κ2) is 9.56. The van der Waals surface area contributed by atoms with Crippen molar-refractivity contribution in [2.45, 2.75) is 19.3 Å². The lowest BCUT2D eigenvalue weighted by Gasteiger charge is -2.21. The first-order valence-electron chi connectivity index (χ1n) is 8.76. The molecule has 7 nitrogen and oxygen atoms in total. The molecule has 1 fully saturated rings. The average Bonchev–Trinajstić information content (AvgIpc) is 2.87. The van der Waals surface area contributed by atoms with Crippen molar-refractivity contribution in [2.75, 3.05) is 44.8 Å². The maximum atomic E-state index is 12.4. The number of carbonyl (C=O) groups excluding carboxylic acids is 2. The van der Waals surface area contributed by atoms with E-state index in [1.165, 1.54) is 16.9 Å². The van der Waals surface area contributed by atoms with Gasteiger partial charge in [-0.05, 0) is 24.8 Å². The van der Waals surface area contributed by atoms with Crippen LogP contribution in [0.15, 0.2) is 30.3 Å². The van der Waals surface area contributed by atoms with Crippen molar-refractivity contribution in [2.24, 2.45) is 0 Å². The molecule has 0 saturated carbocycles. The highest BCUT2D eigenvalue weighted by Gasteiger charge is 2.25. The van der Waals surface area contributed by atoms with Crippen LogP contribution >= 0.6 is 0 Å². The molecule has 1 saturated heterocycles. The molecule has 1 aromatic rings. The molecule has 0 aliphatic carbocycles. The number of ether oxygens (including phenoxy) is 1. The van der Waals surface area contributed by atoms with Crippen LogP contribution in [-0.4, -0.2) is 75.0 Å². The van der Waals surface area contributed by atoms with Gasteiger partial charge in [-0.15, -0.1) is 0 Å². The van der Waals surface area contributed by atoms with Gasteiger partial charge in [-0.3, -0.25) is 4.79 Å². The second-order valence-electron chi connectivity index (χ2n) is 6.37. The third-order valence-corrected chi connectivity index (χ3v) is 5.99. The predicted octanol–water partition coefficient (Wildman–Crippen LogP) is 1.33. The first kappa shape index (κ1) is 20.2. The SMILES string of the molecule is COC(=O)N1CCCN(C(=O)CS(=O)(=O)CCCc2ccccc2)CC1. The number of carbonyl (C=O) groups is 2. The van der Waals surface area contributed by atoms with Gasteiger partial charge in [0.15, 0.2) is 9.84 Å². The lowest BCUT2D eigenvalue weighted by Crippen LogP contribution is -2.40. The van der Waals surface area contributed by atoms with E-state index in [4.69, 9.17) is 0 Å². The van der Waals surface area contributed by atoms with Crippen molar-refractivity contribution in [1.29, 1.82) is 0 Å². The molecule has 1 aliphatic heterocycles. The van der Waals surface area contributed by atoms with Crippen LogP contribution in [0.25, 0.3) is 0 Å². The fourth-order valence-electron chi connectivity index (χ4n) is 2.97. The number of benzene rings is 1. The summed E-state index contributed by atoms with van der Waals surface area (Å²) in [5.41, 5.74) is 1.09. The number of nitrogens with zero attached hydrogens (tertiary/aromatic N) is 2. The van der Waals surface area contributed by atoms with Crippen molar-refractivity contribution in [3.63, 3.8) is 0 Å². The van der Waals surface area contributed by atoms with E-state index in [0.29, 0.717) is 45.4 Å². The molecule has 1 aliphatic rings. The van der Waals surface area contributed by atoms with Gasteiger partial charge in [-0.25, -0.2) is 13.2 Å². The molecular formula is C18H26N2O5S. The number of methoxy groups -OCH3 is 1. The van der Waals surface area contributed by atoms with E-state index in [2.05, 4.69) is 4.74 Å². The Balaban J connectivity index is 1.80. The summed E-state index contributed by atoms with van der Waals surface area (Å²) in [4.78, 5) is 27.0. The molecule has 8 heteroatoms. The van der Waals surface area contributed by atoms with E-state index in [0.717, 1.165) is 5.56 Å². The van der Waals surface area contributed by atoms with E-state index >= 15 is 0 Å². The van der Waals surface area contributed by atoms with Crippen molar-refractivity contribution in [1.82, 2.24) is 9.80 Å². The van der Waals surface area contributed by atoms with Crippen LogP contribution in [0.1, 0.15) is 18.4 Å². The lowest BCUT2D eigenvalue weighted by atomic mass is 10.1. The summed E-state index contributed by atoms with van der Waals surface area (Å²) in [5, 5.41) is 0. The van der Waals surface area contributed by atoms with E-state index in [-0.39, 0.29) is 5.75 Å². The normalized spacial score (nSPS) is 15.4. The van der Waals surface area contributed by atoms with Gasteiger partial charge in [-0.1, -0.05) is 30.3 Å². The molecule has 2 amide bonds. The summed E-state index contributed by atoms with van der Waals surface area (Å²) in [5.74, 6) is -0.869. The Kier molecular flexibility index (Phi) is 7.44. The maximum Gasteiger partial charge on any atom is 0.409 e. The minimum absolute atomic E-state index is 0.00421. The van der Waals surface area contributed by atoms with Crippen molar-refractivity contribution in [3.8, 4) is 0 Å². The average molecular weight is 382 g/mol. The van der Waals surface area contributed by atoms with Crippen LogP contribution in [0.3, 0.4) is 0 Å². The first-order chi connectivity index (χ1) is 12.4. The van der Waals surface area contributed by atoms with Crippen molar-refractivity contribution >= 4 is 21.8 Å². The minimum Gasteiger partial charge on any atom is -0.453 e. The van der Waals surface area contributed by atoms with E-state index in [9.17, 15) is 18.0 Å². The summed E-state index contributed by atoms with van der Waals surface area (Å²) < 4.78 is 29.2. The van der Waals surface area contributed by atoms with Crippen molar-refractivity contribution < 1.29 is 22.7 Å². The van der Waals surface area contributed by atoms with Crippen LogP contribution in [0, 0.1) is 0 Å². The van der Waals surface area contributed by atoms with E-state index < -0.39 is 27.6 Å². The van der Waals surface area contributed by atoms with Gasteiger partial charge in [0, 0.05) is 26.2 Å². The Morgan fingerprint density at radius 3 is 2.38 bits per heavy atom. The summed E-state index contributed by atoms with van der Waals surface area (Å²) in [6.45, 7) is 1.63. The maximum absolute atomic E-state index is 12.4. The predicted molar refractivity (Wildman–Crippen MR) is 98.6 cm³/mol. The van der Waals surface area contributed by atoms with Crippen LogP contribution in [-0.2, 0) is 25.8 Å². The van der Waals surface area contributed by atoms with Crippen molar-refractivity contribution in [3.05, 3.63) is 35.9 Å². The highest BCUT2D eigenvalue weighted by atomic mass is 32.2. The number of amides is 2. The van der Waals surface area contributed by atoms with E-state index in [1.54, 1.807) is 0 Å². The molecular weight excluding hydrogens is 356 g/mol. The molecule has 0 atom stereocenters. The van der Waals surface area contributed by atoms with Crippen LogP contribution in [0.2, 0.25) is 0 Å². The lowest BCUT2D eigenvalue weighted by molar-refractivity contribution is -0.128. The smallest absolute Gasteiger partial charge is 0.409 e. The van der Waals surface area contributed by atoms with Crippen LogP contribution in [0.5, 0.6) is 0 Å². The molecule has 144 valence electrons. The third kappa shape index (κ3) is 6.33. The number of hydrogen-bond acceptors (Lipinski definition) is 5. The fraction of sp³-hybridized carbons (Fsp3) is 0.556.